The first-order valence-corrected chi connectivity index (χ1v) is 11.0. The van der Waals surface area contributed by atoms with E-state index in [0.29, 0.717) is 0 Å². The topological polar surface area (TPSA) is 18.5 Å². The minimum atomic E-state index is -0.958. The second kappa shape index (κ2) is 18.2. The normalized spacial score (nSPS) is 11.4. The summed E-state index contributed by atoms with van der Waals surface area (Å²) in [5.41, 5.74) is 0. The van der Waals surface area contributed by atoms with Crippen LogP contribution in [0.2, 0.25) is 6.04 Å². The summed E-state index contributed by atoms with van der Waals surface area (Å²) in [7, 11) is -0.958. The Kier molecular flexibility index (Phi) is 18.3. The highest BCUT2D eigenvalue weighted by Gasteiger charge is 2.13. The summed E-state index contributed by atoms with van der Waals surface area (Å²) in [4.78, 5) is 0. The van der Waals surface area contributed by atoms with Crippen LogP contribution in [0.3, 0.4) is 0 Å². The predicted octanol–water partition coefficient (Wildman–Crippen LogP) is 6.25. The third-order valence-electron chi connectivity index (χ3n) is 3.85. The van der Waals surface area contributed by atoms with Gasteiger partial charge in [-0.15, -0.1) is 0 Å². The van der Waals surface area contributed by atoms with Crippen LogP contribution in [0.4, 0.5) is 0 Å². The van der Waals surface area contributed by atoms with Crippen LogP contribution in [0.15, 0.2) is 0 Å². The van der Waals surface area contributed by atoms with E-state index in [-0.39, 0.29) is 0 Å². The molecular weight excluding hydrogens is 276 g/mol. The molecule has 127 valence electrons. The molecule has 0 saturated heterocycles. The highest BCUT2D eigenvalue weighted by Crippen LogP contribution is 2.13. The van der Waals surface area contributed by atoms with Crippen LogP contribution in [-0.2, 0) is 8.85 Å². The zero-order chi connectivity index (χ0) is 15.6. The molecule has 3 heteroatoms. The lowest BCUT2D eigenvalue weighted by molar-refractivity contribution is 0.212. The maximum atomic E-state index is 5.66. The number of hydrogen-bond acceptors (Lipinski definition) is 2. The Labute approximate surface area is 135 Å². The summed E-state index contributed by atoms with van der Waals surface area (Å²) in [6.45, 7) is 8.00. The monoisotopic (exact) mass is 315 g/mol. The zero-order valence-corrected chi connectivity index (χ0v) is 15.9. The van der Waals surface area contributed by atoms with E-state index in [0.717, 1.165) is 19.3 Å². The van der Waals surface area contributed by atoms with Gasteiger partial charge < -0.3 is 8.85 Å². The molecule has 21 heavy (non-hydrogen) atoms. The molecule has 0 heterocycles. The molecule has 0 aromatic carbocycles. The standard InChI is InChI=1S/C18H39O2Si/c1-4-7-8-9-10-11-12-13-14-15-16-17-18-21(19-5-2)20-6-3/h4-18H2,1-3H3. The van der Waals surface area contributed by atoms with E-state index in [1.165, 1.54) is 77.0 Å². The van der Waals surface area contributed by atoms with Gasteiger partial charge in [0, 0.05) is 13.2 Å². The van der Waals surface area contributed by atoms with Crippen molar-refractivity contribution in [1.82, 2.24) is 0 Å². The summed E-state index contributed by atoms with van der Waals surface area (Å²) in [6, 6.07) is 1.16. The zero-order valence-electron chi connectivity index (χ0n) is 14.9. The van der Waals surface area contributed by atoms with Gasteiger partial charge >= 0.3 is 9.28 Å². The van der Waals surface area contributed by atoms with Crippen molar-refractivity contribution in [2.45, 2.75) is 104 Å². The summed E-state index contributed by atoms with van der Waals surface area (Å²) >= 11 is 0. The largest absolute Gasteiger partial charge is 0.394 e. The van der Waals surface area contributed by atoms with Crippen LogP contribution in [0.1, 0.15) is 97.8 Å². The molecule has 0 fully saturated rings. The van der Waals surface area contributed by atoms with Crippen LogP contribution in [-0.4, -0.2) is 22.5 Å². The third-order valence-corrected chi connectivity index (χ3v) is 5.83. The number of rotatable bonds is 17. The van der Waals surface area contributed by atoms with Crippen molar-refractivity contribution in [3.63, 3.8) is 0 Å². The first-order valence-electron chi connectivity index (χ1n) is 9.46. The lowest BCUT2D eigenvalue weighted by atomic mass is 10.1. The molecule has 0 atom stereocenters. The summed E-state index contributed by atoms with van der Waals surface area (Å²) < 4.78 is 11.3. The minimum Gasteiger partial charge on any atom is -0.394 e. The predicted molar refractivity (Wildman–Crippen MR) is 94.9 cm³/mol. The first kappa shape index (κ1) is 21.1. The molecule has 0 rings (SSSR count). The molecule has 1 radical (unpaired) electrons. The lowest BCUT2D eigenvalue weighted by Gasteiger charge is -2.12. The molecule has 0 aliphatic carbocycles. The lowest BCUT2D eigenvalue weighted by Crippen LogP contribution is -2.22. The SMILES string of the molecule is CCCCCCCCCCCCCC[Si](OCC)OCC. The van der Waals surface area contributed by atoms with Gasteiger partial charge in [0.15, 0.2) is 0 Å². The molecule has 0 aromatic rings. The Hall–Kier alpha value is 0.137. The van der Waals surface area contributed by atoms with Crippen molar-refractivity contribution in [1.29, 1.82) is 0 Å². The van der Waals surface area contributed by atoms with Crippen LogP contribution >= 0.6 is 0 Å². The second-order valence-electron chi connectivity index (χ2n) is 5.88. The van der Waals surface area contributed by atoms with Crippen LogP contribution in [0.25, 0.3) is 0 Å². The summed E-state index contributed by atoms with van der Waals surface area (Å²) in [5.74, 6) is 0. The van der Waals surface area contributed by atoms with E-state index >= 15 is 0 Å². The van der Waals surface area contributed by atoms with E-state index < -0.39 is 9.28 Å². The van der Waals surface area contributed by atoms with Crippen molar-refractivity contribution >= 4 is 9.28 Å². The van der Waals surface area contributed by atoms with Crippen LogP contribution < -0.4 is 0 Å². The van der Waals surface area contributed by atoms with Gasteiger partial charge in [0.05, 0.1) is 0 Å². The molecular formula is C18H39O2Si. The Morgan fingerprint density at radius 3 is 1.29 bits per heavy atom. The van der Waals surface area contributed by atoms with Crippen LogP contribution in [0.5, 0.6) is 0 Å². The molecule has 2 nitrogen and oxygen atoms in total. The molecule has 0 N–H and O–H groups in total. The average Bonchev–Trinajstić information content (AvgIpc) is 2.48. The average molecular weight is 316 g/mol. The Bertz CT molecular complexity index is 182. The molecule has 0 spiro atoms. The Morgan fingerprint density at radius 2 is 0.905 bits per heavy atom. The Balaban J connectivity index is 3.17. The molecule has 0 bridgehead atoms. The van der Waals surface area contributed by atoms with Gasteiger partial charge in [-0.3, -0.25) is 0 Å². The van der Waals surface area contributed by atoms with Crippen LogP contribution in [0, 0.1) is 0 Å². The smallest absolute Gasteiger partial charge is 0.384 e. The molecule has 0 aliphatic rings. The van der Waals surface area contributed by atoms with Crippen molar-refractivity contribution in [3.8, 4) is 0 Å². The van der Waals surface area contributed by atoms with Gasteiger partial charge in [0.2, 0.25) is 0 Å². The highest BCUT2D eigenvalue weighted by molar-refractivity contribution is 6.44. The fourth-order valence-corrected chi connectivity index (χ4v) is 4.17. The van der Waals surface area contributed by atoms with Crippen molar-refractivity contribution in [2.75, 3.05) is 13.2 Å². The highest BCUT2D eigenvalue weighted by atomic mass is 28.3. The van der Waals surface area contributed by atoms with Gasteiger partial charge in [-0.1, -0.05) is 84.0 Å². The molecule has 0 aliphatic heterocycles. The quantitative estimate of drug-likeness (QED) is 0.233. The molecule has 0 saturated carbocycles. The molecule has 0 amide bonds. The summed E-state index contributed by atoms with van der Waals surface area (Å²) in [5, 5.41) is 0. The van der Waals surface area contributed by atoms with Gasteiger partial charge in [0.25, 0.3) is 0 Å². The molecule has 0 unspecified atom stereocenters. The fraction of sp³-hybridized carbons (Fsp3) is 1.00. The minimum absolute atomic E-state index is 0.798. The maximum absolute atomic E-state index is 5.66. The van der Waals surface area contributed by atoms with E-state index in [1.807, 2.05) is 0 Å². The maximum Gasteiger partial charge on any atom is 0.384 e. The first-order chi connectivity index (χ1) is 10.3. The van der Waals surface area contributed by atoms with Gasteiger partial charge in [-0.25, -0.2) is 0 Å². The third kappa shape index (κ3) is 16.3. The second-order valence-corrected chi connectivity index (χ2v) is 7.70. The van der Waals surface area contributed by atoms with Gasteiger partial charge in [0.1, 0.15) is 0 Å². The molecule has 0 aromatic heterocycles. The fourth-order valence-electron chi connectivity index (χ4n) is 2.62. The number of unbranched alkanes of at least 4 members (excludes halogenated alkanes) is 11. The number of hydrogen-bond donors (Lipinski definition) is 0. The van der Waals surface area contributed by atoms with E-state index in [4.69, 9.17) is 8.85 Å². The Morgan fingerprint density at radius 1 is 0.524 bits per heavy atom. The van der Waals surface area contributed by atoms with Crippen molar-refractivity contribution in [2.24, 2.45) is 0 Å². The van der Waals surface area contributed by atoms with Crippen molar-refractivity contribution in [3.05, 3.63) is 0 Å². The summed E-state index contributed by atoms with van der Waals surface area (Å²) in [6.07, 6.45) is 16.9. The van der Waals surface area contributed by atoms with E-state index in [2.05, 4.69) is 20.8 Å². The van der Waals surface area contributed by atoms with Gasteiger partial charge in [-0.05, 0) is 19.9 Å². The van der Waals surface area contributed by atoms with Gasteiger partial charge in [-0.2, -0.15) is 0 Å². The van der Waals surface area contributed by atoms with Crippen molar-refractivity contribution < 1.29 is 8.85 Å². The van der Waals surface area contributed by atoms with E-state index in [1.54, 1.807) is 0 Å². The van der Waals surface area contributed by atoms with E-state index in [9.17, 15) is 0 Å².